The molecule has 2 aliphatic heterocycles. The highest BCUT2D eigenvalue weighted by Gasteiger charge is 2.44. The Bertz CT molecular complexity index is 287. The molecule has 1 spiro atoms. The number of amides is 1. The first-order valence-corrected chi connectivity index (χ1v) is 6.73. The summed E-state index contributed by atoms with van der Waals surface area (Å²) in [7, 11) is 1.75. The van der Waals surface area contributed by atoms with E-state index in [-0.39, 0.29) is 17.6 Å². The maximum Gasteiger partial charge on any atom is 0.223 e. The van der Waals surface area contributed by atoms with Gasteiger partial charge in [-0.1, -0.05) is 0 Å². The molecule has 2 heterocycles. The molecule has 0 saturated carbocycles. The Balaban J connectivity index is 1.93. The molecule has 2 fully saturated rings. The Kier molecular flexibility index (Phi) is 4.28. The molecule has 0 aromatic rings. The lowest BCUT2D eigenvalue weighted by Crippen LogP contribution is -2.45. The second kappa shape index (κ2) is 5.55. The van der Waals surface area contributed by atoms with Gasteiger partial charge in [-0.3, -0.25) is 4.79 Å². The fourth-order valence-electron chi connectivity index (χ4n) is 2.76. The lowest BCUT2D eigenvalue weighted by molar-refractivity contribution is -0.137. The van der Waals surface area contributed by atoms with E-state index >= 15 is 0 Å². The van der Waals surface area contributed by atoms with Gasteiger partial charge in [-0.25, -0.2) is 0 Å². The molecule has 2 saturated heterocycles. The van der Waals surface area contributed by atoms with E-state index in [0.717, 1.165) is 32.4 Å². The fraction of sp³-hybridized carbons (Fsp3) is 0.917. The maximum absolute atomic E-state index is 11.8. The van der Waals surface area contributed by atoms with Gasteiger partial charge in [-0.2, -0.15) is 0 Å². The number of methoxy groups -OCH3 is 1. The van der Waals surface area contributed by atoms with Crippen molar-refractivity contribution in [2.75, 3.05) is 32.7 Å². The van der Waals surface area contributed by atoms with Crippen molar-refractivity contribution in [2.45, 2.75) is 37.4 Å². The van der Waals surface area contributed by atoms with Crippen LogP contribution in [0, 0.1) is 0 Å². The molecule has 0 unspecified atom stereocenters. The van der Waals surface area contributed by atoms with Crippen LogP contribution in [-0.4, -0.2) is 55.2 Å². The van der Waals surface area contributed by atoms with Crippen LogP contribution in [0.1, 0.15) is 25.7 Å². The minimum absolute atomic E-state index is 0.139. The summed E-state index contributed by atoms with van der Waals surface area (Å²) in [4.78, 5) is 13.7. The van der Waals surface area contributed by atoms with Crippen molar-refractivity contribution in [3.8, 4) is 0 Å². The van der Waals surface area contributed by atoms with Crippen LogP contribution in [0.4, 0.5) is 0 Å². The van der Waals surface area contributed by atoms with Gasteiger partial charge in [-0.15, -0.1) is 11.6 Å². The SMILES string of the molecule is CO[C@@H]1CCO[C@@]2(CCN(C(=O)CCCl)C2)C1. The van der Waals surface area contributed by atoms with Crippen LogP contribution in [0.3, 0.4) is 0 Å². The molecular weight excluding hydrogens is 242 g/mol. The monoisotopic (exact) mass is 261 g/mol. The lowest BCUT2D eigenvalue weighted by atomic mass is 9.91. The van der Waals surface area contributed by atoms with E-state index in [1.165, 1.54) is 0 Å². The highest BCUT2D eigenvalue weighted by molar-refractivity contribution is 6.18. The van der Waals surface area contributed by atoms with Crippen LogP contribution in [0.5, 0.6) is 0 Å². The van der Waals surface area contributed by atoms with Crippen LogP contribution < -0.4 is 0 Å². The molecule has 17 heavy (non-hydrogen) atoms. The largest absolute Gasteiger partial charge is 0.381 e. The molecule has 2 aliphatic rings. The summed E-state index contributed by atoms with van der Waals surface area (Å²) in [5.74, 6) is 0.532. The molecule has 98 valence electrons. The summed E-state index contributed by atoms with van der Waals surface area (Å²) in [6.07, 6.45) is 3.46. The molecule has 0 aliphatic carbocycles. The van der Waals surface area contributed by atoms with Crippen molar-refractivity contribution in [3.63, 3.8) is 0 Å². The molecule has 2 atom stereocenters. The van der Waals surface area contributed by atoms with E-state index in [0.29, 0.717) is 18.8 Å². The average molecular weight is 262 g/mol. The number of halogens is 1. The predicted molar refractivity (Wildman–Crippen MR) is 65.2 cm³/mol. The van der Waals surface area contributed by atoms with Crippen molar-refractivity contribution in [1.29, 1.82) is 0 Å². The Morgan fingerprint density at radius 3 is 3.18 bits per heavy atom. The maximum atomic E-state index is 11.8. The minimum atomic E-state index is -0.166. The minimum Gasteiger partial charge on any atom is -0.381 e. The first-order valence-electron chi connectivity index (χ1n) is 6.19. The molecule has 5 heteroatoms. The molecular formula is C12H20ClNO3. The van der Waals surface area contributed by atoms with Crippen LogP contribution in [0.25, 0.3) is 0 Å². The average Bonchev–Trinajstić information content (AvgIpc) is 2.73. The van der Waals surface area contributed by atoms with E-state index in [2.05, 4.69) is 0 Å². The van der Waals surface area contributed by atoms with Crippen molar-refractivity contribution < 1.29 is 14.3 Å². The summed E-state index contributed by atoms with van der Waals surface area (Å²) in [6.45, 7) is 2.21. The third-order valence-corrected chi connectivity index (χ3v) is 3.95. The number of carbonyl (C=O) groups excluding carboxylic acids is 1. The van der Waals surface area contributed by atoms with Gasteiger partial charge in [0.15, 0.2) is 0 Å². The van der Waals surface area contributed by atoms with Gasteiger partial charge in [0, 0.05) is 45.5 Å². The smallest absolute Gasteiger partial charge is 0.223 e. The molecule has 4 nitrogen and oxygen atoms in total. The Labute approximate surface area is 107 Å². The summed E-state index contributed by atoms with van der Waals surface area (Å²) in [6, 6.07) is 0. The second-order valence-corrected chi connectivity index (χ2v) is 5.26. The van der Waals surface area contributed by atoms with Crippen LogP contribution in [0.2, 0.25) is 0 Å². The van der Waals surface area contributed by atoms with E-state index in [1.54, 1.807) is 7.11 Å². The van der Waals surface area contributed by atoms with Gasteiger partial charge < -0.3 is 14.4 Å². The molecule has 2 rings (SSSR count). The van der Waals surface area contributed by atoms with Gasteiger partial charge in [0.05, 0.1) is 11.7 Å². The molecule has 0 aromatic carbocycles. The van der Waals surface area contributed by atoms with Gasteiger partial charge in [0.2, 0.25) is 5.91 Å². The quantitative estimate of drug-likeness (QED) is 0.721. The summed E-state index contributed by atoms with van der Waals surface area (Å²) >= 11 is 5.60. The van der Waals surface area contributed by atoms with Gasteiger partial charge in [0.1, 0.15) is 0 Å². The van der Waals surface area contributed by atoms with Crippen molar-refractivity contribution in [1.82, 2.24) is 4.90 Å². The Hall–Kier alpha value is -0.320. The van der Waals surface area contributed by atoms with Crippen molar-refractivity contribution in [3.05, 3.63) is 0 Å². The zero-order valence-corrected chi connectivity index (χ0v) is 11.0. The van der Waals surface area contributed by atoms with Crippen LogP contribution >= 0.6 is 11.6 Å². The number of alkyl halides is 1. The number of likely N-dealkylation sites (tertiary alicyclic amines) is 1. The first-order chi connectivity index (χ1) is 8.19. The van der Waals surface area contributed by atoms with Crippen LogP contribution in [-0.2, 0) is 14.3 Å². The summed E-state index contributed by atoms with van der Waals surface area (Å²) < 4.78 is 11.3. The van der Waals surface area contributed by atoms with E-state index < -0.39 is 0 Å². The zero-order chi connectivity index (χ0) is 12.3. The van der Waals surface area contributed by atoms with Crippen LogP contribution in [0.15, 0.2) is 0 Å². The summed E-state index contributed by atoms with van der Waals surface area (Å²) in [5, 5.41) is 0. The van der Waals surface area contributed by atoms with Gasteiger partial charge >= 0.3 is 0 Å². The number of nitrogens with zero attached hydrogens (tertiary/aromatic N) is 1. The van der Waals surface area contributed by atoms with Gasteiger partial charge in [0.25, 0.3) is 0 Å². The summed E-state index contributed by atoms with van der Waals surface area (Å²) in [5.41, 5.74) is -0.166. The standard InChI is InChI=1S/C12H20ClNO3/c1-16-10-3-7-17-12(8-10)4-6-14(9-12)11(15)2-5-13/h10H,2-9H2,1H3/t10-,12+/m1/s1. The van der Waals surface area contributed by atoms with E-state index in [1.807, 2.05) is 4.90 Å². The van der Waals surface area contributed by atoms with Crippen molar-refractivity contribution in [2.24, 2.45) is 0 Å². The molecule has 0 N–H and O–H groups in total. The normalized spacial score (nSPS) is 33.3. The van der Waals surface area contributed by atoms with E-state index in [9.17, 15) is 4.79 Å². The fourth-order valence-corrected chi connectivity index (χ4v) is 2.93. The third-order valence-electron chi connectivity index (χ3n) is 3.76. The number of ether oxygens (including phenoxy) is 2. The first kappa shape index (κ1) is 13.1. The Morgan fingerprint density at radius 1 is 1.65 bits per heavy atom. The highest BCUT2D eigenvalue weighted by atomic mass is 35.5. The molecule has 0 radical (unpaired) electrons. The molecule has 1 amide bonds. The second-order valence-electron chi connectivity index (χ2n) is 4.89. The number of rotatable bonds is 3. The number of carbonyl (C=O) groups is 1. The topological polar surface area (TPSA) is 38.8 Å². The molecule has 0 bridgehead atoms. The van der Waals surface area contributed by atoms with Gasteiger partial charge in [-0.05, 0) is 12.8 Å². The van der Waals surface area contributed by atoms with Crippen molar-refractivity contribution >= 4 is 17.5 Å². The predicted octanol–water partition coefficient (Wildman–Crippen LogP) is 1.41. The highest BCUT2D eigenvalue weighted by Crippen LogP contribution is 2.35. The zero-order valence-electron chi connectivity index (χ0n) is 10.3. The number of hydrogen-bond donors (Lipinski definition) is 0. The Morgan fingerprint density at radius 2 is 2.47 bits per heavy atom. The third kappa shape index (κ3) is 2.92. The number of hydrogen-bond acceptors (Lipinski definition) is 3. The van der Waals surface area contributed by atoms with E-state index in [4.69, 9.17) is 21.1 Å². The lowest BCUT2D eigenvalue weighted by Gasteiger charge is -2.37. The molecule has 0 aromatic heterocycles.